The molecule has 0 aliphatic heterocycles. The second-order valence-corrected chi connectivity index (χ2v) is 12.7. The van der Waals surface area contributed by atoms with Crippen LogP contribution in [0, 0.1) is 0 Å². The molecule has 0 unspecified atom stereocenters. The summed E-state index contributed by atoms with van der Waals surface area (Å²) in [6.07, 6.45) is 6.54. The lowest BCUT2D eigenvalue weighted by Crippen LogP contribution is -2.12. The number of benzene rings is 7. The minimum atomic E-state index is 0.607. The summed E-state index contributed by atoms with van der Waals surface area (Å²) in [4.78, 5) is 2.44. The van der Waals surface area contributed by atoms with E-state index in [9.17, 15) is 0 Å². The van der Waals surface area contributed by atoms with Crippen LogP contribution in [0.5, 0.6) is 0 Å². The van der Waals surface area contributed by atoms with Crippen LogP contribution in [0.3, 0.4) is 0 Å². The summed E-state index contributed by atoms with van der Waals surface area (Å²) in [5.74, 6) is 0.607. The third-order valence-electron chi connectivity index (χ3n) is 10.0. The lowest BCUT2D eigenvalue weighted by Gasteiger charge is -2.30. The van der Waals surface area contributed by atoms with Gasteiger partial charge in [-0.1, -0.05) is 128 Å². The summed E-state index contributed by atoms with van der Waals surface area (Å²) in [5, 5.41) is 7.43. The van der Waals surface area contributed by atoms with E-state index in [2.05, 4.69) is 144 Å². The van der Waals surface area contributed by atoms with E-state index in [1.54, 1.807) is 0 Å². The zero-order chi connectivity index (χ0) is 30.5. The van der Waals surface area contributed by atoms with Crippen LogP contribution < -0.4 is 4.90 Å². The molecule has 1 aromatic heterocycles. The third-order valence-corrected chi connectivity index (χ3v) is 10.0. The van der Waals surface area contributed by atoms with E-state index in [1.807, 2.05) is 6.07 Å². The van der Waals surface area contributed by atoms with E-state index in [0.29, 0.717) is 5.92 Å². The second-order valence-electron chi connectivity index (χ2n) is 12.7. The van der Waals surface area contributed by atoms with Crippen molar-refractivity contribution in [3.8, 4) is 11.1 Å². The third kappa shape index (κ3) is 4.48. The lowest BCUT2D eigenvalue weighted by molar-refractivity contribution is 0.445. The highest BCUT2D eigenvalue weighted by Gasteiger charge is 2.23. The molecule has 0 saturated heterocycles. The number of nitrogens with zero attached hydrogens (tertiary/aromatic N) is 1. The van der Waals surface area contributed by atoms with Gasteiger partial charge >= 0.3 is 0 Å². The van der Waals surface area contributed by atoms with Crippen molar-refractivity contribution in [2.75, 3.05) is 4.90 Å². The normalized spacial score (nSPS) is 14.0. The minimum Gasteiger partial charge on any atom is -0.456 e. The first-order valence-electron chi connectivity index (χ1n) is 16.6. The summed E-state index contributed by atoms with van der Waals surface area (Å²) >= 11 is 0. The molecule has 0 bridgehead atoms. The fourth-order valence-electron chi connectivity index (χ4n) is 7.91. The largest absolute Gasteiger partial charge is 0.456 e. The van der Waals surface area contributed by atoms with Crippen LogP contribution in [0.1, 0.15) is 43.6 Å². The van der Waals surface area contributed by atoms with Gasteiger partial charge in [0.25, 0.3) is 0 Å². The Kier molecular flexibility index (Phi) is 6.59. The van der Waals surface area contributed by atoms with Crippen molar-refractivity contribution in [2.45, 2.75) is 38.0 Å². The van der Waals surface area contributed by atoms with Gasteiger partial charge in [0, 0.05) is 33.5 Å². The summed E-state index contributed by atoms with van der Waals surface area (Å²) in [7, 11) is 0. The van der Waals surface area contributed by atoms with Gasteiger partial charge in [0.1, 0.15) is 11.2 Å². The molecule has 7 aromatic carbocycles. The molecule has 1 heterocycles. The predicted molar refractivity (Wildman–Crippen MR) is 195 cm³/mol. The smallest absolute Gasteiger partial charge is 0.137 e. The first-order valence-corrected chi connectivity index (χ1v) is 16.6. The van der Waals surface area contributed by atoms with Gasteiger partial charge in [-0.25, -0.2) is 0 Å². The molecule has 0 N–H and O–H groups in total. The van der Waals surface area contributed by atoms with E-state index in [-0.39, 0.29) is 0 Å². The molecule has 0 spiro atoms. The fraction of sp³-hybridized carbons (Fsp3) is 0.136. The fourth-order valence-corrected chi connectivity index (χ4v) is 7.91. The van der Waals surface area contributed by atoms with Gasteiger partial charge < -0.3 is 9.32 Å². The van der Waals surface area contributed by atoms with Crippen molar-refractivity contribution in [3.05, 3.63) is 151 Å². The molecule has 1 aliphatic carbocycles. The molecule has 0 atom stereocenters. The van der Waals surface area contributed by atoms with Crippen LogP contribution in [0.15, 0.2) is 150 Å². The standard InChI is InChI=1S/C44H35NO/c1-2-13-31(14-3-1)35-22-10-17-32-18-11-23-39(44(32)35)36-20-6-8-24-41(36)45(40-25-12-16-30-15-4-5-19-34(30)40)33-27-28-38-37-21-7-9-26-42(37)46-43(38)29-33/h4-12,15-29,31H,1-3,13-14H2. The van der Waals surface area contributed by atoms with Crippen molar-refractivity contribution in [1.82, 2.24) is 0 Å². The van der Waals surface area contributed by atoms with Crippen LogP contribution >= 0.6 is 0 Å². The maximum absolute atomic E-state index is 6.43. The number of fused-ring (bicyclic) bond motifs is 5. The highest BCUT2D eigenvalue weighted by molar-refractivity contribution is 6.09. The number of rotatable bonds is 5. The van der Waals surface area contributed by atoms with Crippen LogP contribution in [-0.2, 0) is 0 Å². The molecule has 0 radical (unpaired) electrons. The van der Waals surface area contributed by atoms with Crippen molar-refractivity contribution < 1.29 is 4.42 Å². The van der Waals surface area contributed by atoms with Gasteiger partial charge in [0.2, 0.25) is 0 Å². The number of hydrogen-bond donors (Lipinski definition) is 0. The van der Waals surface area contributed by atoms with Crippen LogP contribution in [0.25, 0.3) is 54.6 Å². The molecular weight excluding hydrogens is 558 g/mol. The van der Waals surface area contributed by atoms with E-state index in [0.717, 1.165) is 39.0 Å². The average molecular weight is 594 g/mol. The Hall–Kier alpha value is -5.34. The Labute approximate surface area is 269 Å². The van der Waals surface area contributed by atoms with Gasteiger partial charge in [0.15, 0.2) is 0 Å². The molecule has 222 valence electrons. The Bertz CT molecular complexity index is 2360. The van der Waals surface area contributed by atoms with Crippen molar-refractivity contribution in [1.29, 1.82) is 0 Å². The molecule has 46 heavy (non-hydrogen) atoms. The summed E-state index contributed by atoms with van der Waals surface area (Å²) in [6, 6.07) is 53.0. The molecule has 2 nitrogen and oxygen atoms in total. The lowest BCUT2D eigenvalue weighted by atomic mass is 9.80. The quantitative estimate of drug-likeness (QED) is 0.197. The Balaban J connectivity index is 1.31. The molecule has 0 amide bonds. The summed E-state index contributed by atoms with van der Waals surface area (Å²) in [6.45, 7) is 0. The second kappa shape index (κ2) is 11.2. The molecule has 1 saturated carbocycles. The summed E-state index contributed by atoms with van der Waals surface area (Å²) < 4.78 is 6.43. The number of furan rings is 1. The maximum atomic E-state index is 6.43. The molecule has 8 aromatic rings. The van der Waals surface area contributed by atoms with Crippen molar-refractivity contribution >= 4 is 60.5 Å². The van der Waals surface area contributed by atoms with Crippen LogP contribution in [0.4, 0.5) is 17.1 Å². The van der Waals surface area contributed by atoms with Gasteiger partial charge in [-0.2, -0.15) is 0 Å². The predicted octanol–water partition coefficient (Wildman–Crippen LogP) is 13.1. The molecule has 2 heteroatoms. The molecule has 9 rings (SSSR count). The topological polar surface area (TPSA) is 16.4 Å². The SMILES string of the molecule is c1ccc(N(c2ccc3c(c2)oc2ccccc23)c2cccc3ccccc23)c(-c2cccc3cccc(C4CCCCC4)c23)c1. The van der Waals surface area contributed by atoms with Gasteiger partial charge in [-0.3, -0.25) is 0 Å². The first kappa shape index (κ1) is 27.0. The van der Waals surface area contributed by atoms with Crippen LogP contribution in [0.2, 0.25) is 0 Å². The van der Waals surface area contributed by atoms with E-state index in [4.69, 9.17) is 4.42 Å². The molecule has 1 fully saturated rings. The molecule has 1 aliphatic rings. The van der Waals surface area contributed by atoms with E-state index >= 15 is 0 Å². The van der Waals surface area contributed by atoms with E-state index in [1.165, 1.54) is 70.3 Å². The summed E-state index contributed by atoms with van der Waals surface area (Å²) in [5.41, 5.74) is 9.21. The van der Waals surface area contributed by atoms with Gasteiger partial charge in [-0.05, 0) is 76.4 Å². The average Bonchev–Trinajstić information content (AvgIpc) is 3.50. The Morgan fingerprint density at radius 2 is 1.13 bits per heavy atom. The monoisotopic (exact) mass is 593 g/mol. The first-order chi connectivity index (χ1) is 22.8. The van der Waals surface area contributed by atoms with Gasteiger partial charge in [-0.15, -0.1) is 0 Å². The number of hydrogen-bond acceptors (Lipinski definition) is 2. The zero-order valence-corrected chi connectivity index (χ0v) is 25.8. The van der Waals surface area contributed by atoms with Crippen LogP contribution in [-0.4, -0.2) is 0 Å². The van der Waals surface area contributed by atoms with Crippen molar-refractivity contribution in [2.24, 2.45) is 0 Å². The highest BCUT2D eigenvalue weighted by atomic mass is 16.3. The van der Waals surface area contributed by atoms with E-state index < -0.39 is 0 Å². The van der Waals surface area contributed by atoms with Gasteiger partial charge in [0.05, 0.1) is 11.4 Å². The maximum Gasteiger partial charge on any atom is 0.137 e. The zero-order valence-electron chi connectivity index (χ0n) is 25.8. The number of para-hydroxylation sites is 2. The van der Waals surface area contributed by atoms with Crippen molar-refractivity contribution in [3.63, 3.8) is 0 Å². The highest BCUT2D eigenvalue weighted by Crippen LogP contribution is 2.47. The molecular formula is C44H35NO. The Morgan fingerprint density at radius 3 is 2.04 bits per heavy atom. The number of anilines is 3. The minimum absolute atomic E-state index is 0.607. The Morgan fingerprint density at radius 1 is 0.478 bits per heavy atom.